The number of imidazole rings is 1. The van der Waals surface area contributed by atoms with E-state index < -0.39 is 36.0 Å². The number of carbonyl (C=O) groups excluding carboxylic acids is 3. The van der Waals surface area contributed by atoms with Crippen molar-refractivity contribution < 1.29 is 32.6 Å². The van der Waals surface area contributed by atoms with E-state index in [1.807, 2.05) is 6.92 Å². The van der Waals surface area contributed by atoms with Gasteiger partial charge in [0.15, 0.2) is 5.82 Å². The predicted molar refractivity (Wildman–Crippen MR) is 151 cm³/mol. The van der Waals surface area contributed by atoms with Crippen LogP contribution in [-0.4, -0.2) is 46.6 Å². The van der Waals surface area contributed by atoms with Crippen molar-refractivity contribution >= 4 is 41.1 Å². The van der Waals surface area contributed by atoms with E-state index in [9.17, 15) is 23.2 Å². The average molecular weight is 602 g/mol. The molecule has 3 atom stereocenters. The van der Waals surface area contributed by atoms with E-state index in [1.54, 1.807) is 24.4 Å². The number of methoxy groups -OCH3 is 1. The minimum absolute atomic E-state index is 0.0454. The first kappa shape index (κ1) is 29.3. The monoisotopic (exact) mass is 601 g/mol. The van der Waals surface area contributed by atoms with Crippen LogP contribution >= 0.6 is 11.6 Å². The number of nitrogens with zero attached hydrogens (tertiary/aromatic N) is 2. The van der Waals surface area contributed by atoms with Gasteiger partial charge in [0.1, 0.15) is 17.7 Å². The SMILES string of the molecule is COC(=O)Nc1ccc2c(c1)NC(=O)C[C@H](C)CCC[C@H](N1CC[C@H](c3c(F)ccc(Cl)c3F)OC1=O)c1ncc-2[nH]1. The second kappa shape index (κ2) is 12.4. The number of ether oxygens (including phenoxy) is 2. The number of nitrogens with one attached hydrogen (secondary N) is 3. The van der Waals surface area contributed by atoms with Crippen LogP contribution in [0.25, 0.3) is 11.3 Å². The molecule has 0 saturated carbocycles. The van der Waals surface area contributed by atoms with Crippen LogP contribution in [0.3, 0.4) is 0 Å². The third-order valence-electron chi connectivity index (χ3n) is 7.52. The first-order valence-corrected chi connectivity index (χ1v) is 14.0. The highest BCUT2D eigenvalue weighted by Crippen LogP contribution is 2.38. The maximum Gasteiger partial charge on any atom is 0.411 e. The van der Waals surface area contributed by atoms with Gasteiger partial charge < -0.3 is 19.8 Å². The number of halogens is 3. The van der Waals surface area contributed by atoms with Crippen LogP contribution in [0.5, 0.6) is 0 Å². The molecule has 0 aliphatic carbocycles. The van der Waals surface area contributed by atoms with E-state index in [1.165, 1.54) is 12.0 Å². The maximum atomic E-state index is 14.7. The molecule has 2 aromatic carbocycles. The zero-order chi connectivity index (χ0) is 30.0. The Morgan fingerprint density at radius 3 is 2.76 bits per heavy atom. The Balaban J connectivity index is 1.45. The number of anilines is 2. The summed E-state index contributed by atoms with van der Waals surface area (Å²) in [4.78, 5) is 47.3. The molecule has 13 heteroatoms. The lowest BCUT2D eigenvalue weighted by Gasteiger charge is -2.36. The number of hydrogen-bond donors (Lipinski definition) is 3. The minimum Gasteiger partial charge on any atom is -0.453 e. The summed E-state index contributed by atoms with van der Waals surface area (Å²) in [6, 6.07) is 6.67. The highest BCUT2D eigenvalue weighted by molar-refractivity contribution is 6.30. The van der Waals surface area contributed by atoms with Crippen LogP contribution in [0.2, 0.25) is 5.02 Å². The fraction of sp³-hybridized carbons (Fsp3) is 0.379. The third kappa shape index (κ3) is 6.18. The number of H-pyrrole nitrogens is 1. The zero-order valence-electron chi connectivity index (χ0n) is 23.0. The number of aromatic amines is 1. The molecule has 10 nitrogen and oxygen atoms in total. The Morgan fingerprint density at radius 1 is 1.19 bits per heavy atom. The molecule has 1 aromatic heterocycles. The lowest BCUT2D eigenvalue weighted by Crippen LogP contribution is -2.42. The molecule has 0 radical (unpaired) electrons. The van der Waals surface area contributed by atoms with Crippen LogP contribution in [0.4, 0.5) is 29.7 Å². The molecule has 2 bridgehead atoms. The molecule has 42 heavy (non-hydrogen) atoms. The molecule has 0 unspecified atom stereocenters. The first-order valence-electron chi connectivity index (χ1n) is 13.6. The Morgan fingerprint density at radius 2 is 2.00 bits per heavy atom. The van der Waals surface area contributed by atoms with Crippen molar-refractivity contribution in [2.24, 2.45) is 5.92 Å². The minimum atomic E-state index is -1.12. The molecule has 2 aliphatic heterocycles. The average Bonchev–Trinajstić information content (AvgIpc) is 3.43. The quantitative estimate of drug-likeness (QED) is 0.279. The van der Waals surface area contributed by atoms with Gasteiger partial charge in [0.05, 0.1) is 41.3 Å². The largest absolute Gasteiger partial charge is 0.453 e. The number of amides is 3. The second-order valence-corrected chi connectivity index (χ2v) is 10.9. The number of rotatable bonds is 3. The Bertz CT molecular complexity index is 1520. The normalized spacial score (nSPS) is 21.2. The van der Waals surface area contributed by atoms with Crippen LogP contribution < -0.4 is 10.6 Å². The molecule has 3 amide bonds. The Labute approximate surface area is 245 Å². The summed E-state index contributed by atoms with van der Waals surface area (Å²) in [6.45, 7) is 2.15. The lowest BCUT2D eigenvalue weighted by atomic mass is 9.96. The lowest BCUT2D eigenvalue weighted by molar-refractivity contribution is -0.117. The van der Waals surface area contributed by atoms with Gasteiger partial charge in [-0.15, -0.1) is 0 Å². The maximum absolute atomic E-state index is 14.7. The highest BCUT2D eigenvalue weighted by atomic mass is 35.5. The molecule has 3 N–H and O–H groups in total. The van der Waals surface area contributed by atoms with Gasteiger partial charge in [-0.3, -0.25) is 15.0 Å². The smallest absolute Gasteiger partial charge is 0.411 e. The van der Waals surface area contributed by atoms with E-state index in [4.69, 9.17) is 16.3 Å². The van der Waals surface area contributed by atoms with Crippen molar-refractivity contribution in [3.05, 3.63) is 64.6 Å². The first-order chi connectivity index (χ1) is 20.1. The van der Waals surface area contributed by atoms with E-state index >= 15 is 0 Å². The highest BCUT2D eigenvalue weighted by Gasteiger charge is 2.37. The van der Waals surface area contributed by atoms with Gasteiger partial charge in [0.25, 0.3) is 0 Å². The van der Waals surface area contributed by atoms with Gasteiger partial charge in [-0.2, -0.15) is 0 Å². The molecule has 3 heterocycles. The number of benzene rings is 2. The van der Waals surface area contributed by atoms with Gasteiger partial charge in [-0.25, -0.2) is 23.4 Å². The summed E-state index contributed by atoms with van der Waals surface area (Å²) in [5, 5.41) is 5.28. The molecule has 1 saturated heterocycles. The molecular weight excluding hydrogens is 572 g/mol. The summed E-state index contributed by atoms with van der Waals surface area (Å²) in [5.74, 6) is -1.41. The molecule has 2 aliphatic rings. The molecule has 5 rings (SSSR count). The van der Waals surface area contributed by atoms with E-state index in [0.717, 1.165) is 12.1 Å². The van der Waals surface area contributed by atoms with Crippen LogP contribution in [0.1, 0.15) is 62.6 Å². The van der Waals surface area contributed by atoms with E-state index in [0.29, 0.717) is 47.7 Å². The van der Waals surface area contributed by atoms with Crippen LogP contribution in [0.15, 0.2) is 36.5 Å². The van der Waals surface area contributed by atoms with Crippen molar-refractivity contribution in [1.82, 2.24) is 14.9 Å². The number of cyclic esters (lactones) is 1. The van der Waals surface area contributed by atoms with E-state index in [-0.39, 0.29) is 41.8 Å². The van der Waals surface area contributed by atoms with Gasteiger partial charge in [0.2, 0.25) is 5.91 Å². The van der Waals surface area contributed by atoms with Crippen molar-refractivity contribution in [1.29, 1.82) is 0 Å². The summed E-state index contributed by atoms with van der Waals surface area (Å²) in [6.07, 6.45) is 1.44. The number of hydrogen-bond acceptors (Lipinski definition) is 6. The molecule has 0 spiro atoms. The molecule has 3 aromatic rings. The van der Waals surface area contributed by atoms with Gasteiger partial charge in [0, 0.05) is 30.6 Å². The van der Waals surface area contributed by atoms with Gasteiger partial charge in [-0.1, -0.05) is 31.4 Å². The van der Waals surface area contributed by atoms with Gasteiger partial charge >= 0.3 is 12.2 Å². The predicted octanol–water partition coefficient (Wildman–Crippen LogP) is 6.96. The van der Waals surface area contributed by atoms with Gasteiger partial charge in [-0.05, 0) is 42.7 Å². The van der Waals surface area contributed by atoms with Crippen molar-refractivity contribution in [2.75, 3.05) is 24.3 Å². The standard InChI is InChI=1S/C29H30ClF2N5O5/c1-15-4-3-5-22(37-11-10-23(42-29(37)40)25-19(31)9-8-18(30)26(25)32)27-33-14-21(36-27)17-7-6-16(34-28(39)41-2)13-20(17)35-24(38)12-15/h6-9,13-15,22-23H,3-5,10-12H2,1-2H3,(H,33,36)(H,34,39)(H,35,38)/t15-,22+,23-/m1/s1. The van der Waals surface area contributed by atoms with Crippen LogP contribution in [0, 0.1) is 17.6 Å². The summed E-state index contributed by atoms with van der Waals surface area (Å²) in [5.41, 5.74) is 1.71. The van der Waals surface area contributed by atoms with Crippen LogP contribution in [-0.2, 0) is 14.3 Å². The summed E-state index contributed by atoms with van der Waals surface area (Å²) >= 11 is 5.86. The Kier molecular flexibility index (Phi) is 8.62. The number of aromatic nitrogens is 2. The third-order valence-corrected chi connectivity index (χ3v) is 7.81. The number of carbonyl (C=O) groups is 3. The second-order valence-electron chi connectivity index (χ2n) is 10.5. The fourth-order valence-corrected chi connectivity index (χ4v) is 5.58. The fourth-order valence-electron chi connectivity index (χ4n) is 5.41. The molecule has 222 valence electrons. The van der Waals surface area contributed by atoms with Crippen molar-refractivity contribution in [3.8, 4) is 11.3 Å². The Hall–Kier alpha value is -4.19. The molecular formula is C29H30ClF2N5O5. The van der Waals surface area contributed by atoms with E-state index in [2.05, 4.69) is 25.3 Å². The zero-order valence-corrected chi connectivity index (χ0v) is 23.8. The van der Waals surface area contributed by atoms with Crippen molar-refractivity contribution in [3.63, 3.8) is 0 Å². The topological polar surface area (TPSA) is 126 Å². The van der Waals surface area contributed by atoms with Crippen molar-refractivity contribution in [2.45, 2.75) is 51.2 Å². The summed E-state index contributed by atoms with van der Waals surface area (Å²) in [7, 11) is 1.25. The molecule has 1 fully saturated rings. The summed E-state index contributed by atoms with van der Waals surface area (Å²) < 4.78 is 39.4. The number of fused-ring (bicyclic) bond motifs is 4.